The van der Waals surface area contributed by atoms with E-state index in [4.69, 9.17) is 19.9 Å². The van der Waals surface area contributed by atoms with E-state index in [9.17, 15) is 0 Å². The second-order valence-electron chi connectivity index (χ2n) is 5.22. The highest BCUT2D eigenvalue weighted by atomic mass is 16.5. The van der Waals surface area contributed by atoms with Crippen molar-refractivity contribution in [3.63, 3.8) is 0 Å². The van der Waals surface area contributed by atoms with Gasteiger partial charge in [-0.1, -0.05) is 25.1 Å². The molecule has 0 amide bonds. The van der Waals surface area contributed by atoms with E-state index in [-0.39, 0.29) is 0 Å². The van der Waals surface area contributed by atoms with E-state index in [0.29, 0.717) is 19.8 Å². The fourth-order valence-electron chi connectivity index (χ4n) is 2.29. The maximum absolute atomic E-state index is 5.75. The number of hydrogen-bond donors (Lipinski definition) is 1. The minimum Gasteiger partial charge on any atom is -0.493 e. The molecule has 0 aliphatic carbocycles. The summed E-state index contributed by atoms with van der Waals surface area (Å²) in [7, 11) is 1.64. The molecule has 124 valence electrons. The van der Waals surface area contributed by atoms with Gasteiger partial charge in [-0.3, -0.25) is 0 Å². The Morgan fingerprint density at radius 2 is 1.57 bits per heavy atom. The molecule has 0 unspecified atom stereocenters. The lowest BCUT2D eigenvalue weighted by molar-refractivity contribution is 0.211. The van der Waals surface area contributed by atoms with E-state index in [1.54, 1.807) is 7.11 Å². The van der Waals surface area contributed by atoms with E-state index in [1.807, 2.05) is 30.3 Å². The Morgan fingerprint density at radius 3 is 2.22 bits per heavy atom. The van der Waals surface area contributed by atoms with Crippen LogP contribution in [0, 0.1) is 0 Å². The zero-order chi connectivity index (χ0) is 16.5. The van der Waals surface area contributed by atoms with Gasteiger partial charge in [0.2, 0.25) is 0 Å². The first-order chi connectivity index (χ1) is 11.3. The van der Waals surface area contributed by atoms with Crippen LogP contribution in [0.5, 0.6) is 17.2 Å². The van der Waals surface area contributed by atoms with Gasteiger partial charge in [0.25, 0.3) is 0 Å². The van der Waals surface area contributed by atoms with Crippen LogP contribution in [0.3, 0.4) is 0 Å². The normalized spacial score (nSPS) is 10.4. The van der Waals surface area contributed by atoms with Crippen LogP contribution in [0.25, 0.3) is 0 Å². The average Bonchev–Trinajstić information content (AvgIpc) is 2.60. The first-order valence-electron chi connectivity index (χ1n) is 7.98. The van der Waals surface area contributed by atoms with Gasteiger partial charge in [-0.2, -0.15) is 0 Å². The van der Waals surface area contributed by atoms with Crippen molar-refractivity contribution < 1.29 is 14.2 Å². The smallest absolute Gasteiger partial charge is 0.161 e. The highest BCUT2D eigenvalue weighted by Crippen LogP contribution is 2.28. The Bertz CT molecular complexity index is 596. The molecule has 0 heterocycles. The first kappa shape index (κ1) is 17.2. The molecule has 2 aromatic rings. The van der Waals surface area contributed by atoms with Crippen molar-refractivity contribution in [2.24, 2.45) is 5.73 Å². The zero-order valence-electron chi connectivity index (χ0n) is 13.9. The summed E-state index contributed by atoms with van der Waals surface area (Å²) >= 11 is 0. The third-order valence-corrected chi connectivity index (χ3v) is 3.60. The fraction of sp³-hybridized carbons (Fsp3) is 0.368. The summed E-state index contributed by atoms with van der Waals surface area (Å²) in [6.45, 7) is 3.70. The summed E-state index contributed by atoms with van der Waals surface area (Å²) in [6.07, 6.45) is 1.86. The molecule has 0 aliphatic heterocycles. The topological polar surface area (TPSA) is 53.7 Å². The molecular weight excluding hydrogens is 290 g/mol. The molecular formula is C19H25NO3. The summed E-state index contributed by atoms with van der Waals surface area (Å²) in [5.41, 5.74) is 8.02. The molecule has 0 saturated carbocycles. The van der Waals surface area contributed by atoms with Gasteiger partial charge in [-0.05, 0) is 54.8 Å². The summed E-state index contributed by atoms with van der Waals surface area (Å²) in [6, 6.07) is 14.0. The van der Waals surface area contributed by atoms with Crippen molar-refractivity contribution in [1.29, 1.82) is 0 Å². The van der Waals surface area contributed by atoms with E-state index < -0.39 is 0 Å². The largest absolute Gasteiger partial charge is 0.493 e. The number of rotatable bonds is 9. The molecule has 0 spiro atoms. The van der Waals surface area contributed by atoms with Gasteiger partial charge >= 0.3 is 0 Å². The first-order valence-corrected chi connectivity index (χ1v) is 7.98. The van der Waals surface area contributed by atoms with Crippen LogP contribution in [0.15, 0.2) is 42.5 Å². The lowest BCUT2D eigenvalue weighted by Gasteiger charge is -2.13. The second-order valence-corrected chi connectivity index (χ2v) is 5.22. The molecule has 2 aromatic carbocycles. The van der Waals surface area contributed by atoms with Crippen molar-refractivity contribution >= 4 is 0 Å². The standard InChI is InChI=1S/C19H25NO3/c1-3-15-4-7-17(8-5-15)22-12-13-23-18-9-6-16(10-11-20)14-19(18)21-2/h4-9,14H,3,10-13,20H2,1-2H3. The Kier molecular flexibility index (Phi) is 6.76. The van der Waals surface area contributed by atoms with Gasteiger partial charge in [0.05, 0.1) is 7.11 Å². The van der Waals surface area contributed by atoms with E-state index in [2.05, 4.69) is 19.1 Å². The summed E-state index contributed by atoms with van der Waals surface area (Å²) in [5, 5.41) is 0. The molecule has 2 N–H and O–H groups in total. The minimum absolute atomic E-state index is 0.460. The lowest BCUT2D eigenvalue weighted by Crippen LogP contribution is -2.10. The maximum atomic E-state index is 5.75. The lowest BCUT2D eigenvalue weighted by atomic mass is 10.1. The maximum Gasteiger partial charge on any atom is 0.161 e. The molecule has 23 heavy (non-hydrogen) atoms. The van der Waals surface area contributed by atoms with E-state index in [1.165, 1.54) is 5.56 Å². The van der Waals surface area contributed by atoms with Crippen LogP contribution >= 0.6 is 0 Å². The summed E-state index contributed by atoms with van der Waals surface area (Å²) in [4.78, 5) is 0. The number of nitrogens with two attached hydrogens (primary N) is 1. The zero-order valence-corrected chi connectivity index (χ0v) is 13.9. The number of hydrogen-bond acceptors (Lipinski definition) is 4. The van der Waals surface area contributed by atoms with Gasteiger partial charge in [0, 0.05) is 0 Å². The highest BCUT2D eigenvalue weighted by Gasteiger charge is 2.05. The van der Waals surface area contributed by atoms with Gasteiger partial charge < -0.3 is 19.9 Å². The SMILES string of the molecule is CCc1ccc(OCCOc2ccc(CCN)cc2OC)cc1. The predicted molar refractivity (Wildman–Crippen MR) is 92.6 cm³/mol. The molecule has 2 rings (SSSR count). The molecule has 0 radical (unpaired) electrons. The number of aryl methyl sites for hydroxylation is 1. The van der Waals surface area contributed by atoms with Crippen molar-refractivity contribution in [2.45, 2.75) is 19.8 Å². The van der Waals surface area contributed by atoms with Crippen LogP contribution in [0.1, 0.15) is 18.1 Å². The quantitative estimate of drug-likeness (QED) is 0.722. The van der Waals surface area contributed by atoms with Gasteiger partial charge in [0.15, 0.2) is 11.5 Å². The monoisotopic (exact) mass is 315 g/mol. The van der Waals surface area contributed by atoms with Crippen molar-refractivity contribution in [3.8, 4) is 17.2 Å². The molecule has 0 atom stereocenters. The Labute approximate surface area is 138 Å². The predicted octanol–water partition coefficient (Wildman–Crippen LogP) is 3.22. The second kappa shape index (κ2) is 9.06. The number of methoxy groups -OCH3 is 1. The summed E-state index contributed by atoms with van der Waals surface area (Å²) < 4.78 is 16.8. The molecule has 0 bridgehead atoms. The van der Waals surface area contributed by atoms with Crippen LogP contribution in [0.2, 0.25) is 0 Å². The van der Waals surface area contributed by atoms with Crippen LogP contribution < -0.4 is 19.9 Å². The number of ether oxygens (including phenoxy) is 3. The Balaban J connectivity index is 1.83. The van der Waals surface area contributed by atoms with Crippen LogP contribution in [-0.4, -0.2) is 26.9 Å². The third-order valence-electron chi connectivity index (χ3n) is 3.60. The summed E-state index contributed by atoms with van der Waals surface area (Å²) in [5.74, 6) is 2.30. The molecule has 0 fully saturated rings. The van der Waals surface area contributed by atoms with Gasteiger partial charge in [-0.15, -0.1) is 0 Å². The van der Waals surface area contributed by atoms with Gasteiger partial charge in [-0.25, -0.2) is 0 Å². The molecule has 4 heteroatoms. The van der Waals surface area contributed by atoms with Gasteiger partial charge in [0.1, 0.15) is 19.0 Å². The minimum atomic E-state index is 0.460. The molecule has 0 saturated heterocycles. The molecule has 4 nitrogen and oxygen atoms in total. The van der Waals surface area contributed by atoms with Crippen molar-refractivity contribution in [3.05, 3.63) is 53.6 Å². The van der Waals surface area contributed by atoms with E-state index in [0.717, 1.165) is 35.7 Å². The average molecular weight is 315 g/mol. The highest BCUT2D eigenvalue weighted by molar-refractivity contribution is 5.43. The Hall–Kier alpha value is -2.20. The van der Waals surface area contributed by atoms with Crippen molar-refractivity contribution in [1.82, 2.24) is 0 Å². The molecule has 0 aliphatic rings. The molecule has 0 aromatic heterocycles. The van der Waals surface area contributed by atoms with Crippen molar-refractivity contribution in [2.75, 3.05) is 26.9 Å². The van der Waals surface area contributed by atoms with E-state index >= 15 is 0 Å². The van der Waals surface area contributed by atoms with Crippen LogP contribution in [-0.2, 0) is 12.8 Å². The fourth-order valence-corrected chi connectivity index (χ4v) is 2.29. The Morgan fingerprint density at radius 1 is 0.870 bits per heavy atom. The van der Waals surface area contributed by atoms with Crippen LogP contribution in [0.4, 0.5) is 0 Å². The number of benzene rings is 2. The third kappa shape index (κ3) is 5.18.